The van der Waals surface area contributed by atoms with Gasteiger partial charge in [0.25, 0.3) is 5.91 Å². The molecule has 4 rings (SSSR count). The smallest absolute Gasteiger partial charge is 0.256 e. The van der Waals surface area contributed by atoms with E-state index in [1.807, 2.05) is 54.6 Å². The van der Waals surface area contributed by atoms with Gasteiger partial charge in [-0.15, -0.1) is 0 Å². The Balaban J connectivity index is 1.72. The van der Waals surface area contributed by atoms with Gasteiger partial charge in [-0.05, 0) is 37.1 Å². The molecule has 1 N–H and O–H groups in total. The molecule has 1 aliphatic rings. The van der Waals surface area contributed by atoms with Crippen molar-refractivity contribution in [3.8, 4) is 5.75 Å². The number of hydrogen-bond donors (Lipinski definition) is 1. The monoisotopic (exact) mass is 318 g/mol. The number of nitrogens with zero attached hydrogens (tertiary/aromatic N) is 1. The first kappa shape index (κ1) is 14.7. The van der Waals surface area contributed by atoms with Crippen LogP contribution in [0.1, 0.15) is 34.8 Å². The normalized spacial score (nSPS) is 13.7. The van der Waals surface area contributed by atoms with Gasteiger partial charge in [-0.3, -0.25) is 9.78 Å². The van der Waals surface area contributed by atoms with Gasteiger partial charge in [0.1, 0.15) is 5.75 Å². The molecule has 3 aromatic rings. The largest absolute Gasteiger partial charge is 0.497 e. The maximum absolute atomic E-state index is 12.8. The molecule has 1 heterocycles. The summed E-state index contributed by atoms with van der Waals surface area (Å²) in [6.45, 7) is 0. The van der Waals surface area contributed by atoms with Crippen LogP contribution in [0.4, 0.5) is 5.69 Å². The predicted molar refractivity (Wildman–Crippen MR) is 94.7 cm³/mol. The van der Waals surface area contributed by atoms with Crippen LogP contribution in [0.2, 0.25) is 0 Å². The Kier molecular flexibility index (Phi) is 3.65. The summed E-state index contributed by atoms with van der Waals surface area (Å²) in [5, 5.41) is 3.84. The Hall–Kier alpha value is -2.88. The molecule has 1 aliphatic carbocycles. The quantitative estimate of drug-likeness (QED) is 0.777. The molecule has 1 fully saturated rings. The first-order valence-corrected chi connectivity index (χ1v) is 8.09. The highest BCUT2D eigenvalue weighted by atomic mass is 16.5. The number of aromatic nitrogens is 1. The zero-order valence-electron chi connectivity index (χ0n) is 13.5. The number of pyridine rings is 1. The fourth-order valence-corrected chi connectivity index (χ4v) is 2.87. The van der Waals surface area contributed by atoms with E-state index in [2.05, 4.69) is 5.32 Å². The number of amides is 1. The molecular formula is C20H18N2O2. The van der Waals surface area contributed by atoms with E-state index >= 15 is 0 Å². The van der Waals surface area contributed by atoms with Crippen LogP contribution in [-0.4, -0.2) is 18.0 Å². The van der Waals surface area contributed by atoms with Gasteiger partial charge in [0.15, 0.2) is 0 Å². The lowest BCUT2D eigenvalue weighted by Crippen LogP contribution is -2.13. The molecule has 24 heavy (non-hydrogen) atoms. The SMILES string of the molecule is COc1cccc(NC(=O)c2cc(C3CC3)nc3ccccc23)c1. The lowest BCUT2D eigenvalue weighted by atomic mass is 10.1. The molecule has 1 amide bonds. The zero-order valence-corrected chi connectivity index (χ0v) is 13.5. The van der Waals surface area contributed by atoms with Gasteiger partial charge in [-0.25, -0.2) is 0 Å². The third-order valence-electron chi connectivity index (χ3n) is 4.30. The number of nitrogens with one attached hydrogen (secondary N) is 1. The molecule has 0 atom stereocenters. The fraction of sp³-hybridized carbons (Fsp3) is 0.200. The summed E-state index contributed by atoms with van der Waals surface area (Å²) >= 11 is 0. The van der Waals surface area contributed by atoms with Crippen molar-refractivity contribution in [2.75, 3.05) is 12.4 Å². The highest BCUT2D eigenvalue weighted by Gasteiger charge is 2.26. The molecule has 0 bridgehead atoms. The van der Waals surface area contributed by atoms with Crippen LogP contribution in [0.5, 0.6) is 5.75 Å². The van der Waals surface area contributed by atoms with Crippen molar-refractivity contribution in [1.29, 1.82) is 0 Å². The molecule has 0 unspecified atom stereocenters. The van der Waals surface area contributed by atoms with E-state index in [0.29, 0.717) is 22.9 Å². The molecule has 4 nitrogen and oxygen atoms in total. The summed E-state index contributed by atoms with van der Waals surface area (Å²) < 4.78 is 5.21. The Labute approximate surface area is 140 Å². The third-order valence-corrected chi connectivity index (χ3v) is 4.30. The van der Waals surface area contributed by atoms with Crippen molar-refractivity contribution < 1.29 is 9.53 Å². The Morgan fingerprint density at radius 1 is 1.12 bits per heavy atom. The van der Waals surface area contributed by atoms with Crippen molar-refractivity contribution in [2.45, 2.75) is 18.8 Å². The van der Waals surface area contributed by atoms with E-state index < -0.39 is 0 Å². The van der Waals surface area contributed by atoms with Crippen LogP contribution >= 0.6 is 0 Å². The Morgan fingerprint density at radius 2 is 1.96 bits per heavy atom. The van der Waals surface area contributed by atoms with Crippen LogP contribution in [0, 0.1) is 0 Å². The van der Waals surface area contributed by atoms with Crippen molar-refractivity contribution >= 4 is 22.5 Å². The number of rotatable bonds is 4. The molecule has 1 aromatic heterocycles. The van der Waals surface area contributed by atoms with Gasteiger partial charge in [0.2, 0.25) is 0 Å². The molecule has 2 aromatic carbocycles. The van der Waals surface area contributed by atoms with Gasteiger partial charge < -0.3 is 10.1 Å². The summed E-state index contributed by atoms with van der Waals surface area (Å²) in [6, 6.07) is 17.1. The van der Waals surface area contributed by atoms with Gasteiger partial charge in [0.05, 0.1) is 18.2 Å². The zero-order chi connectivity index (χ0) is 16.5. The molecule has 4 heteroatoms. The standard InChI is InChI=1S/C20H18N2O2/c1-24-15-6-4-5-14(11-15)21-20(23)17-12-19(13-9-10-13)22-18-8-3-2-7-16(17)18/h2-8,11-13H,9-10H2,1H3,(H,21,23). The average molecular weight is 318 g/mol. The molecule has 120 valence electrons. The molecule has 1 saturated carbocycles. The first-order valence-electron chi connectivity index (χ1n) is 8.09. The number of para-hydroxylation sites is 1. The molecule has 0 aliphatic heterocycles. The van der Waals surface area contributed by atoms with Crippen molar-refractivity contribution in [2.24, 2.45) is 0 Å². The van der Waals surface area contributed by atoms with Gasteiger partial charge in [0, 0.05) is 28.8 Å². The lowest BCUT2D eigenvalue weighted by Gasteiger charge is -2.11. The van der Waals surface area contributed by atoms with Crippen molar-refractivity contribution in [1.82, 2.24) is 4.98 Å². The molecule has 0 spiro atoms. The number of methoxy groups -OCH3 is 1. The minimum absolute atomic E-state index is 0.122. The van der Waals surface area contributed by atoms with E-state index in [-0.39, 0.29) is 5.91 Å². The van der Waals surface area contributed by atoms with Crippen LogP contribution in [0.25, 0.3) is 10.9 Å². The van der Waals surface area contributed by atoms with E-state index in [4.69, 9.17) is 9.72 Å². The summed E-state index contributed by atoms with van der Waals surface area (Å²) in [4.78, 5) is 17.6. The molecule has 0 radical (unpaired) electrons. The van der Waals surface area contributed by atoms with Crippen molar-refractivity contribution in [3.63, 3.8) is 0 Å². The number of benzene rings is 2. The summed E-state index contributed by atoms with van der Waals surface area (Å²) in [5.41, 5.74) is 3.28. The lowest BCUT2D eigenvalue weighted by molar-refractivity contribution is 0.102. The Morgan fingerprint density at radius 3 is 2.75 bits per heavy atom. The molecular weight excluding hydrogens is 300 g/mol. The van der Waals surface area contributed by atoms with Crippen LogP contribution in [-0.2, 0) is 0 Å². The topological polar surface area (TPSA) is 51.2 Å². The Bertz CT molecular complexity index is 916. The number of ether oxygens (including phenoxy) is 1. The number of anilines is 1. The van der Waals surface area contributed by atoms with Crippen LogP contribution in [0.3, 0.4) is 0 Å². The van der Waals surface area contributed by atoms with Crippen molar-refractivity contribution in [3.05, 3.63) is 65.9 Å². The van der Waals surface area contributed by atoms with Crippen LogP contribution in [0.15, 0.2) is 54.6 Å². The third kappa shape index (κ3) is 2.83. The van der Waals surface area contributed by atoms with Gasteiger partial charge in [-0.1, -0.05) is 24.3 Å². The maximum Gasteiger partial charge on any atom is 0.256 e. The average Bonchev–Trinajstić information content (AvgIpc) is 3.46. The minimum Gasteiger partial charge on any atom is -0.497 e. The van der Waals surface area contributed by atoms with Gasteiger partial charge in [-0.2, -0.15) is 0 Å². The first-order chi connectivity index (χ1) is 11.7. The summed E-state index contributed by atoms with van der Waals surface area (Å²) in [6.07, 6.45) is 2.31. The van der Waals surface area contributed by atoms with E-state index in [1.165, 1.54) is 0 Å². The minimum atomic E-state index is -0.122. The highest BCUT2D eigenvalue weighted by molar-refractivity contribution is 6.12. The fourth-order valence-electron chi connectivity index (χ4n) is 2.87. The number of carbonyl (C=O) groups is 1. The second-order valence-electron chi connectivity index (χ2n) is 6.07. The summed E-state index contributed by atoms with van der Waals surface area (Å²) in [7, 11) is 1.61. The summed E-state index contributed by atoms with van der Waals surface area (Å²) in [5.74, 6) is 1.09. The highest BCUT2D eigenvalue weighted by Crippen LogP contribution is 2.40. The number of fused-ring (bicyclic) bond motifs is 1. The maximum atomic E-state index is 12.8. The van der Waals surface area contributed by atoms with Crippen LogP contribution < -0.4 is 10.1 Å². The molecule has 0 saturated heterocycles. The van der Waals surface area contributed by atoms with E-state index in [0.717, 1.165) is 29.4 Å². The van der Waals surface area contributed by atoms with E-state index in [9.17, 15) is 4.79 Å². The van der Waals surface area contributed by atoms with Gasteiger partial charge >= 0.3 is 0 Å². The number of hydrogen-bond acceptors (Lipinski definition) is 3. The second-order valence-corrected chi connectivity index (χ2v) is 6.07. The van der Waals surface area contributed by atoms with E-state index in [1.54, 1.807) is 7.11 Å². The number of carbonyl (C=O) groups excluding carboxylic acids is 1. The predicted octanol–water partition coefficient (Wildman–Crippen LogP) is 4.37. The second kappa shape index (κ2) is 5.96.